The maximum atomic E-state index is 12.2. The highest BCUT2D eigenvalue weighted by Gasteiger charge is 2.39. The topological polar surface area (TPSA) is 66.9 Å². The fourth-order valence-corrected chi connectivity index (χ4v) is 3.72. The highest BCUT2D eigenvalue weighted by molar-refractivity contribution is 5.87. The number of carbonyl (C=O) groups is 1. The number of aromatic nitrogens is 1. The number of carbonyl (C=O) groups excluding carboxylic acids is 1. The molecule has 0 spiro atoms. The zero-order valence-electron chi connectivity index (χ0n) is 18.0. The number of hydrogen-bond donors (Lipinski definition) is 0. The van der Waals surface area contributed by atoms with Gasteiger partial charge in [0, 0.05) is 23.4 Å². The summed E-state index contributed by atoms with van der Waals surface area (Å²) in [5.74, 6) is 1.19. The van der Waals surface area contributed by atoms with Gasteiger partial charge in [0.2, 0.25) is 0 Å². The number of methoxy groups -OCH3 is 2. The molecule has 160 valence electrons. The van der Waals surface area contributed by atoms with Gasteiger partial charge in [0.15, 0.2) is 11.5 Å². The van der Waals surface area contributed by atoms with Gasteiger partial charge in [-0.15, -0.1) is 0 Å². The number of nitrogens with zero attached hydrogens (tertiary/aromatic N) is 1. The first-order valence-electron chi connectivity index (χ1n) is 10.1. The summed E-state index contributed by atoms with van der Waals surface area (Å²) in [6, 6.07) is 11.7. The van der Waals surface area contributed by atoms with Crippen LogP contribution in [0.2, 0.25) is 0 Å². The number of hydrogen-bond acceptors (Lipinski definition) is 6. The van der Waals surface area contributed by atoms with E-state index in [0.29, 0.717) is 23.7 Å². The molecule has 0 N–H and O–H groups in total. The summed E-state index contributed by atoms with van der Waals surface area (Å²) >= 11 is 0. The Bertz CT molecular complexity index is 880. The molecule has 0 unspecified atom stereocenters. The van der Waals surface area contributed by atoms with Crippen molar-refractivity contribution in [3.05, 3.63) is 65.5 Å². The van der Waals surface area contributed by atoms with Crippen LogP contribution in [0.1, 0.15) is 31.2 Å². The Morgan fingerprint density at radius 1 is 1.20 bits per heavy atom. The SMILES string of the molecule is CC=C(C)C(=O)OC[C@H]1[C@@H](Cc2ccccn2)CO[C@@H]1c1ccc(OC)c(OC)c1. The summed E-state index contributed by atoms with van der Waals surface area (Å²) in [7, 11) is 3.22. The molecule has 1 aliphatic heterocycles. The molecule has 30 heavy (non-hydrogen) atoms. The lowest BCUT2D eigenvalue weighted by Gasteiger charge is -2.23. The fraction of sp³-hybridized carbons (Fsp3) is 0.417. The largest absolute Gasteiger partial charge is 0.493 e. The van der Waals surface area contributed by atoms with E-state index in [9.17, 15) is 4.79 Å². The molecule has 0 bridgehead atoms. The zero-order chi connectivity index (χ0) is 21.5. The van der Waals surface area contributed by atoms with Crippen molar-refractivity contribution in [2.24, 2.45) is 11.8 Å². The van der Waals surface area contributed by atoms with Gasteiger partial charge in [0.25, 0.3) is 0 Å². The standard InChI is InChI=1S/C24H29NO5/c1-5-16(2)24(26)30-15-20-18(12-19-8-6-7-11-25-19)14-29-23(20)17-9-10-21(27-3)22(13-17)28-4/h5-11,13,18,20,23H,12,14-15H2,1-4H3/t18-,20-,23+/m0/s1. The van der Waals surface area contributed by atoms with E-state index >= 15 is 0 Å². The lowest BCUT2D eigenvalue weighted by molar-refractivity contribution is -0.141. The average molecular weight is 411 g/mol. The first-order valence-corrected chi connectivity index (χ1v) is 10.1. The smallest absolute Gasteiger partial charge is 0.333 e. The van der Waals surface area contributed by atoms with E-state index in [1.807, 2.05) is 43.3 Å². The predicted octanol–water partition coefficient (Wildman–Crippen LogP) is 4.15. The van der Waals surface area contributed by atoms with Gasteiger partial charge < -0.3 is 18.9 Å². The third kappa shape index (κ3) is 5.00. The van der Waals surface area contributed by atoms with E-state index in [0.717, 1.165) is 17.7 Å². The predicted molar refractivity (Wildman–Crippen MR) is 114 cm³/mol. The maximum Gasteiger partial charge on any atom is 0.333 e. The molecular weight excluding hydrogens is 382 g/mol. The van der Waals surface area contributed by atoms with Crippen molar-refractivity contribution in [3.63, 3.8) is 0 Å². The molecule has 0 aliphatic carbocycles. The van der Waals surface area contributed by atoms with Gasteiger partial charge in [0.1, 0.15) is 0 Å². The van der Waals surface area contributed by atoms with Crippen LogP contribution in [-0.4, -0.2) is 38.4 Å². The molecule has 0 radical (unpaired) electrons. The van der Waals surface area contributed by atoms with Gasteiger partial charge in [-0.2, -0.15) is 0 Å². The van der Waals surface area contributed by atoms with Crippen LogP contribution in [0.5, 0.6) is 11.5 Å². The van der Waals surface area contributed by atoms with Crippen LogP contribution >= 0.6 is 0 Å². The van der Waals surface area contributed by atoms with Crippen LogP contribution in [0.25, 0.3) is 0 Å². The molecule has 1 aromatic heterocycles. The molecule has 3 atom stereocenters. The fourth-order valence-electron chi connectivity index (χ4n) is 3.72. The second kappa shape index (κ2) is 10.3. The summed E-state index contributed by atoms with van der Waals surface area (Å²) in [6.07, 6.45) is 4.10. The Kier molecular flexibility index (Phi) is 7.46. The van der Waals surface area contributed by atoms with Crippen molar-refractivity contribution in [1.82, 2.24) is 4.98 Å². The van der Waals surface area contributed by atoms with Gasteiger partial charge in [-0.3, -0.25) is 4.98 Å². The highest BCUT2D eigenvalue weighted by atomic mass is 16.5. The Hall–Kier alpha value is -2.86. The van der Waals surface area contributed by atoms with Crippen LogP contribution in [0, 0.1) is 11.8 Å². The Balaban J connectivity index is 1.84. The summed E-state index contributed by atoms with van der Waals surface area (Å²) in [5.41, 5.74) is 2.57. The van der Waals surface area contributed by atoms with Crippen molar-refractivity contribution in [2.45, 2.75) is 26.4 Å². The lowest BCUT2D eigenvalue weighted by atomic mass is 9.85. The molecule has 1 aliphatic rings. The highest BCUT2D eigenvalue weighted by Crippen LogP contribution is 2.42. The average Bonchev–Trinajstić information content (AvgIpc) is 3.19. The second-order valence-electron chi connectivity index (χ2n) is 7.39. The number of esters is 1. The van der Waals surface area contributed by atoms with E-state index in [1.54, 1.807) is 33.4 Å². The van der Waals surface area contributed by atoms with Crippen molar-refractivity contribution in [3.8, 4) is 11.5 Å². The third-order valence-corrected chi connectivity index (χ3v) is 5.58. The lowest BCUT2D eigenvalue weighted by Crippen LogP contribution is -2.25. The van der Waals surface area contributed by atoms with E-state index in [1.165, 1.54) is 0 Å². The monoisotopic (exact) mass is 411 g/mol. The molecule has 6 nitrogen and oxygen atoms in total. The van der Waals surface area contributed by atoms with Crippen LogP contribution in [-0.2, 0) is 20.7 Å². The molecular formula is C24H29NO5. The van der Waals surface area contributed by atoms with Crippen molar-refractivity contribution >= 4 is 5.97 Å². The Morgan fingerprint density at radius 3 is 2.67 bits per heavy atom. The van der Waals surface area contributed by atoms with Gasteiger partial charge >= 0.3 is 5.97 Å². The molecule has 0 amide bonds. The number of allylic oxidation sites excluding steroid dienone is 1. The van der Waals surface area contributed by atoms with Crippen LogP contribution in [0.15, 0.2) is 54.2 Å². The molecule has 1 saturated heterocycles. The van der Waals surface area contributed by atoms with E-state index in [4.69, 9.17) is 18.9 Å². The first-order chi connectivity index (χ1) is 14.6. The molecule has 2 aromatic rings. The van der Waals surface area contributed by atoms with Gasteiger partial charge in [-0.05, 0) is 56.0 Å². The van der Waals surface area contributed by atoms with E-state index < -0.39 is 0 Å². The van der Waals surface area contributed by atoms with Crippen LogP contribution in [0.4, 0.5) is 0 Å². The number of benzene rings is 1. The van der Waals surface area contributed by atoms with Gasteiger partial charge in [0.05, 0.1) is 33.5 Å². The molecule has 0 saturated carbocycles. The van der Waals surface area contributed by atoms with Crippen LogP contribution < -0.4 is 9.47 Å². The quantitative estimate of drug-likeness (QED) is 0.480. The molecule has 2 heterocycles. The molecule has 3 rings (SSSR count). The van der Waals surface area contributed by atoms with Crippen molar-refractivity contribution in [2.75, 3.05) is 27.4 Å². The first kappa shape index (κ1) is 21.8. The third-order valence-electron chi connectivity index (χ3n) is 5.58. The molecule has 6 heteroatoms. The zero-order valence-corrected chi connectivity index (χ0v) is 18.0. The number of pyridine rings is 1. The minimum Gasteiger partial charge on any atom is -0.493 e. The minimum atomic E-state index is -0.299. The number of rotatable bonds is 8. The van der Waals surface area contributed by atoms with E-state index in [-0.39, 0.29) is 30.5 Å². The minimum absolute atomic E-state index is 0.00119. The van der Waals surface area contributed by atoms with Crippen LogP contribution in [0.3, 0.4) is 0 Å². The normalized spacial score (nSPS) is 21.3. The number of ether oxygens (including phenoxy) is 4. The van der Waals surface area contributed by atoms with Gasteiger partial charge in [-0.25, -0.2) is 4.79 Å². The summed E-state index contributed by atoms with van der Waals surface area (Å²) in [6.45, 7) is 4.43. The van der Waals surface area contributed by atoms with E-state index in [2.05, 4.69) is 4.98 Å². The summed E-state index contributed by atoms with van der Waals surface area (Å²) < 4.78 is 22.6. The maximum absolute atomic E-state index is 12.2. The Morgan fingerprint density at radius 2 is 2.00 bits per heavy atom. The molecule has 1 aromatic carbocycles. The summed E-state index contributed by atoms with van der Waals surface area (Å²) in [5, 5.41) is 0. The summed E-state index contributed by atoms with van der Waals surface area (Å²) in [4.78, 5) is 16.7. The van der Waals surface area contributed by atoms with Gasteiger partial charge in [-0.1, -0.05) is 18.2 Å². The van der Waals surface area contributed by atoms with Crippen molar-refractivity contribution < 1.29 is 23.7 Å². The van der Waals surface area contributed by atoms with Crippen molar-refractivity contribution in [1.29, 1.82) is 0 Å². The second-order valence-corrected chi connectivity index (χ2v) is 7.39. The Labute approximate surface area is 177 Å². The molecule has 1 fully saturated rings.